The zero-order valence-corrected chi connectivity index (χ0v) is 6.87. The minimum atomic E-state index is -0.225. The molecule has 0 saturated heterocycles. The SMILES string of the molecule is CCCC(=O)OC1=CNOC=C1. The Morgan fingerprint density at radius 1 is 1.75 bits per heavy atom. The molecule has 0 fully saturated rings. The van der Waals surface area contributed by atoms with Gasteiger partial charge in [-0.3, -0.25) is 4.79 Å². The first kappa shape index (κ1) is 8.64. The summed E-state index contributed by atoms with van der Waals surface area (Å²) >= 11 is 0. The van der Waals surface area contributed by atoms with E-state index in [2.05, 4.69) is 10.3 Å². The Bertz CT molecular complexity index is 220. The molecule has 4 heteroatoms. The lowest BCUT2D eigenvalue weighted by molar-refractivity contribution is -0.139. The second-order valence-corrected chi connectivity index (χ2v) is 2.31. The van der Waals surface area contributed by atoms with E-state index in [0.717, 1.165) is 6.42 Å². The van der Waals surface area contributed by atoms with Crippen LogP contribution in [0.25, 0.3) is 0 Å². The summed E-state index contributed by atoms with van der Waals surface area (Å²) < 4.78 is 4.92. The highest BCUT2D eigenvalue weighted by Crippen LogP contribution is 2.04. The molecule has 0 saturated carbocycles. The predicted octanol–water partition coefficient (Wildman–Crippen LogP) is 1.22. The second-order valence-electron chi connectivity index (χ2n) is 2.31. The van der Waals surface area contributed by atoms with E-state index in [0.29, 0.717) is 12.2 Å². The van der Waals surface area contributed by atoms with Crippen molar-refractivity contribution in [3.8, 4) is 0 Å². The van der Waals surface area contributed by atoms with Gasteiger partial charge in [0.1, 0.15) is 6.26 Å². The van der Waals surface area contributed by atoms with Gasteiger partial charge in [-0.15, -0.1) is 0 Å². The first-order chi connectivity index (χ1) is 5.83. The Kier molecular flexibility index (Phi) is 3.19. The second kappa shape index (κ2) is 4.43. The topological polar surface area (TPSA) is 47.6 Å². The number of rotatable bonds is 3. The Hall–Kier alpha value is -1.45. The minimum absolute atomic E-state index is 0.225. The molecule has 0 aromatic carbocycles. The van der Waals surface area contributed by atoms with Crippen LogP contribution in [0.5, 0.6) is 0 Å². The molecule has 1 N–H and O–H groups in total. The van der Waals surface area contributed by atoms with Crippen molar-refractivity contribution in [1.82, 2.24) is 5.48 Å². The van der Waals surface area contributed by atoms with Gasteiger partial charge < -0.3 is 9.57 Å². The van der Waals surface area contributed by atoms with Crippen LogP contribution in [-0.2, 0) is 14.4 Å². The predicted molar refractivity (Wildman–Crippen MR) is 42.4 cm³/mol. The summed E-state index contributed by atoms with van der Waals surface area (Å²) in [5, 5.41) is 0. The third kappa shape index (κ3) is 2.65. The molecule has 0 amide bonds. The smallest absolute Gasteiger partial charge is 0.311 e. The van der Waals surface area contributed by atoms with E-state index < -0.39 is 0 Å². The van der Waals surface area contributed by atoms with Gasteiger partial charge in [0.2, 0.25) is 0 Å². The van der Waals surface area contributed by atoms with Crippen molar-refractivity contribution in [3.05, 3.63) is 24.3 Å². The fraction of sp³-hybridized carbons (Fsp3) is 0.375. The van der Waals surface area contributed by atoms with E-state index in [4.69, 9.17) is 4.74 Å². The molecule has 4 nitrogen and oxygen atoms in total. The van der Waals surface area contributed by atoms with Crippen LogP contribution in [0, 0.1) is 0 Å². The molecular weight excluding hydrogens is 158 g/mol. The van der Waals surface area contributed by atoms with E-state index in [1.165, 1.54) is 12.5 Å². The molecule has 1 aliphatic heterocycles. The molecular formula is C8H11NO3. The number of allylic oxidation sites excluding steroid dienone is 1. The Morgan fingerprint density at radius 3 is 3.17 bits per heavy atom. The summed E-state index contributed by atoms with van der Waals surface area (Å²) in [6.45, 7) is 1.92. The molecule has 0 aromatic heterocycles. The maximum absolute atomic E-state index is 10.9. The Balaban J connectivity index is 2.35. The van der Waals surface area contributed by atoms with Crippen LogP contribution >= 0.6 is 0 Å². The van der Waals surface area contributed by atoms with E-state index >= 15 is 0 Å². The van der Waals surface area contributed by atoms with Crippen LogP contribution in [0.3, 0.4) is 0 Å². The summed E-state index contributed by atoms with van der Waals surface area (Å²) in [6.07, 6.45) is 5.69. The molecule has 66 valence electrons. The quantitative estimate of drug-likeness (QED) is 0.645. The molecule has 0 atom stereocenters. The van der Waals surface area contributed by atoms with E-state index in [1.807, 2.05) is 6.92 Å². The number of esters is 1. The largest absolute Gasteiger partial charge is 0.425 e. The Morgan fingerprint density at radius 2 is 2.58 bits per heavy atom. The highest BCUT2D eigenvalue weighted by Gasteiger charge is 2.04. The van der Waals surface area contributed by atoms with Crippen molar-refractivity contribution >= 4 is 5.97 Å². The zero-order chi connectivity index (χ0) is 8.81. The average molecular weight is 169 g/mol. The van der Waals surface area contributed by atoms with Gasteiger partial charge >= 0.3 is 5.97 Å². The third-order valence-electron chi connectivity index (χ3n) is 1.26. The highest BCUT2D eigenvalue weighted by atomic mass is 16.6. The first-order valence-corrected chi connectivity index (χ1v) is 3.81. The molecule has 1 aliphatic rings. The number of nitrogens with one attached hydrogen (secondary N) is 1. The number of hydroxylamine groups is 1. The van der Waals surface area contributed by atoms with Gasteiger partial charge in [0.05, 0.1) is 6.20 Å². The van der Waals surface area contributed by atoms with Gasteiger partial charge in [-0.2, -0.15) is 0 Å². The molecule has 0 bridgehead atoms. The van der Waals surface area contributed by atoms with Crippen molar-refractivity contribution < 1.29 is 14.4 Å². The molecule has 0 radical (unpaired) electrons. The van der Waals surface area contributed by atoms with Gasteiger partial charge in [0.15, 0.2) is 5.76 Å². The molecule has 12 heavy (non-hydrogen) atoms. The van der Waals surface area contributed by atoms with Crippen LogP contribution in [-0.4, -0.2) is 5.97 Å². The monoisotopic (exact) mass is 169 g/mol. The van der Waals surface area contributed by atoms with Crippen molar-refractivity contribution in [2.75, 3.05) is 0 Å². The summed E-state index contributed by atoms with van der Waals surface area (Å²) in [5.41, 5.74) is 2.46. The summed E-state index contributed by atoms with van der Waals surface area (Å²) in [7, 11) is 0. The summed E-state index contributed by atoms with van der Waals surface area (Å²) in [4.78, 5) is 15.6. The van der Waals surface area contributed by atoms with Crippen LogP contribution in [0.15, 0.2) is 24.3 Å². The minimum Gasteiger partial charge on any atom is -0.425 e. The average Bonchev–Trinajstić information content (AvgIpc) is 2.06. The standard InChI is InChI=1S/C8H11NO3/c1-2-3-8(10)12-7-4-5-11-9-6-7/h4-6,9H,2-3H2,1H3. The van der Waals surface area contributed by atoms with Crippen molar-refractivity contribution in [1.29, 1.82) is 0 Å². The van der Waals surface area contributed by atoms with Gasteiger partial charge in [-0.25, -0.2) is 5.48 Å². The van der Waals surface area contributed by atoms with Crippen LogP contribution in [0.2, 0.25) is 0 Å². The molecule has 0 aliphatic carbocycles. The number of carbonyl (C=O) groups is 1. The van der Waals surface area contributed by atoms with Gasteiger partial charge in [-0.1, -0.05) is 6.92 Å². The molecule has 1 rings (SSSR count). The summed E-state index contributed by atoms with van der Waals surface area (Å²) in [6, 6.07) is 0. The lowest BCUT2D eigenvalue weighted by Gasteiger charge is -2.08. The number of hydrogen-bond acceptors (Lipinski definition) is 4. The van der Waals surface area contributed by atoms with E-state index in [9.17, 15) is 4.79 Å². The van der Waals surface area contributed by atoms with Crippen LogP contribution in [0.1, 0.15) is 19.8 Å². The number of hydrogen-bond donors (Lipinski definition) is 1. The number of ether oxygens (including phenoxy) is 1. The number of carbonyl (C=O) groups excluding carboxylic acids is 1. The lowest BCUT2D eigenvalue weighted by atomic mass is 10.3. The zero-order valence-electron chi connectivity index (χ0n) is 6.87. The molecule has 0 aromatic rings. The summed E-state index contributed by atoms with van der Waals surface area (Å²) in [5.74, 6) is 0.247. The maximum Gasteiger partial charge on any atom is 0.311 e. The van der Waals surface area contributed by atoms with Crippen molar-refractivity contribution in [2.45, 2.75) is 19.8 Å². The van der Waals surface area contributed by atoms with Gasteiger partial charge in [0.25, 0.3) is 0 Å². The fourth-order valence-electron chi connectivity index (χ4n) is 0.731. The third-order valence-corrected chi connectivity index (χ3v) is 1.26. The van der Waals surface area contributed by atoms with Gasteiger partial charge in [0, 0.05) is 12.5 Å². The highest BCUT2D eigenvalue weighted by molar-refractivity contribution is 5.70. The van der Waals surface area contributed by atoms with E-state index in [1.54, 1.807) is 6.08 Å². The van der Waals surface area contributed by atoms with Crippen molar-refractivity contribution in [3.63, 3.8) is 0 Å². The molecule has 0 unspecified atom stereocenters. The van der Waals surface area contributed by atoms with Gasteiger partial charge in [-0.05, 0) is 6.42 Å². The van der Waals surface area contributed by atoms with Crippen molar-refractivity contribution in [2.24, 2.45) is 0 Å². The fourth-order valence-corrected chi connectivity index (χ4v) is 0.731. The maximum atomic E-state index is 10.9. The van der Waals surface area contributed by atoms with Crippen LogP contribution in [0.4, 0.5) is 0 Å². The first-order valence-electron chi connectivity index (χ1n) is 3.81. The van der Waals surface area contributed by atoms with E-state index in [-0.39, 0.29) is 5.97 Å². The van der Waals surface area contributed by atoms with Crippen LogP contribution < -0.4 is 5.48 Å². The lowest BCUT2D eigenvalue weighted by Crippen LogP contribution is -2.10. The normalized spacial score (nSPS) is 14.2. The Labute approximate surface area is 70.8 Å². The molecule has 0 spiro atoms. The molecule has 1 heterocycles.